The van der Waals surface area contributed by atoms with E-state index in [-0.39, 0.29) is 18.1 Å². The van der Waals surface area contributed by atoms with Crippen LogP contribution in [0.2, 0.25) is 5.15 Å². The number of hydrogen-bond acceptors (Lipinski definition) is 5. The van der Waals surface area contributed by atoms with E-state index in [9.17, 15) is 9.18 Å². The lowest BCUT2D eigenvalue weighted by Crippen LogP contribution is -2.20. The Balaban J connectivity index is 1.64. The first-order chi connectivity index (χ1) is 12.9. The van der Waals surface area contributed by atoms with Gasteiger partial charge in [-0.2, -0.15) is 10.2 Å². The average Bonchev–Trinajstić information content (AvgIpc) is 3.14. The van der Waals surface area contributed by atoms with Crippen molar-refractivity contribution in [1.29, 1.82) is 0 Å². The molecule has 0 aliphatic rings. The molecule has 0 radical (unpaired) electrons. The van der Waals surface area contributed by atoms with Gasteiger partial charge in [-0.3, -0.25) is 4.79 Å². The maximum Gasteiger partial charge on any atom is 0.246 e. The van der Waals surface area contributed by atoms with Gasteiger partial charge in [0.2, 0.25) is 5.91 Å². The number of hydrazone groups is 1. The summed E-state index contributed by atoms with van der Waals surface area (Å²) in [7, 11) is 0. The largest absolute Gasteiger partial charge is 0.273 e. The molecule has 27 heavy (non-hydrogen) atoms. The van der Waals surface area contributed by atoms with Crippen LogP contribution in [-0.4, -0.2) is 26.9 Å². The van der Waals surface area contributed by atoms with Crippen LogP contribution in [0, 0.1) is 19.7 Å². The summed E-state index contributed by atoms with van der Waals surface area (Å²) in [6.45, 7) is 4.09. The number of benzene rings is 1. The first kappa shape index (κ1) is 19.2. The zero-order valence-corrected chi connectivity index (χ0v) is 16.3. The third kappa shape index (κ3) is 4.99. The van der Waals surface area contributed by atoms with E-state index in [2.05, 4.69) is 20.6 Å². The summed E-state index contributed by atoms with van der Waals surface area (Å²) in [5.41, 5.74) is 5.34. The normalized spacial score (nSPS) is 11.3. The zero-order valence-electron chi connectivity index (χ0n) is 14.7. The summed E-state index contributed by atoms with van der Waals surface area (Å²) in [6.07, 6.45) is 1.63. The molecule has 3 rings (SSSR count). The monoisotopic (exact) mass is 405 g/mol. The van der Waals surface area contributed by atoms with Crippen LogP contribution < -0.4 is 5.43 Å². The minimum atomic E-state index is -0.294. The highest BCUT2D eigenvalue weighted by Crippen LogP contribution is 2.19. The second kappa shape index (κ2) is 8.41. The highest BCUT2D eigenvalue weighted by molar-refractivity contribution is 7.09. The average molecular weight is 406 g/mol. The third-order valence-electron chi connectivity index (χ3n) is 3.75. The quantitative estimate of drug-likeness (QED) is 0.504. The molecule has 0 fully saturated rings. The Morgan fingerprint density at radius 3 is 2.78 bits per heavy atom. The molecular weight excluding hydrogens is 389 g/mol. The number of amides is 1. The van der Waals surface area contributed by atoms with Crippen LogP contribution in [0.5, 0.6) is 0 Å². The maximum atomic E-state index is 13.0. The number of aryl methyl sites for hydroxylation is 2. The number of hydrogen-bond donors (Lipinski definition) is 1. The van der Waals surface area contributed by atoms with Gasteiger partial charge >= 0.3 is 0 Å². The number of nitrogens with one attached hydrogen (secondary N) is 1. The predicted molar refractivity (Wildman–Crippen MR) is 104 cm³/mol. The van der Waals surface area contributed by atoms with Crippen molar-refractivity contribution in [3.05, 3.63) is 68.1 Å². The van der Waals surface area contributed by atoms with Gasteiger partial charge < -0.3 is 0 Å². The van der Waals surface area contributed by atoms with Crippen molar-refractivity contribution in [1.82, 2.24) is 20.2 Å². The fourth-order valence-corrected chi connectivity index (χ4v) is 3.34. The number of aromatic nitrogens is 3. The molecular formula is C18H17ClFN5OS. The van der Waals surface area contributed by atoms with Gasteiger partial charge in [0.05, 0.1) is 41.1 Å². The summed E-state index contributed by atoms with van der Waals surface area (Å²) >= 11 is 7.87. The van der Waals surface area contributed by atoms with E-state index in [0.29, 0.717) is 28.6 Å². The number of thiazole rings is 1. The Hall–Kier alpha value is -2.58. The van der Waals surface area contributed by atoms with Gasteiger partial charge in [-0.1, -0.05) is 23.7 Å². The Labute approximate surface area is 164 Å². The van der Waals surface area contributed by atoms with Crippen molar-refractivity contribution in [3.63, 3.8) is 0 Å². The van der Waals surface area contributed by atoms with Crippen LogP contribution in [0.4, 0.5) is 4.39 Å². The summed E-state index contributed by atoms with van der Waals surface area (Å²) in [4.78, 5) is 16.2. The summed E-state index contributed by atoms with van der Waals surface area (Å²) in [5, 5.41) is 11.5. The minimum absolute atomic E-state index is 0.165. The smallest absolute Gasteiger partial charge is 0.246 e. The number of carbonyl (C=O) groups excluding carboxylic acids is 1. The van der Waals surface area contributed by atoms with Crippen molar-refractivity contribution in [2.45, 2.75) is 26.8 Å². The minimum Gasteiger partial charge on any atom is -0.273 e. The molecule has 0 aliphatic heterocycles. The summed E-state index contributed by atoms with van der Waals surface area (Å²) in [6, 6.07) is 6.14. The summed E-state index contributed by atoms with van der Waals surface area (Å²) < 4.78 is 14.6. The third-order valence-corrected chi connectivity index (χ3v) is 4.97. The van der Waals surface area contributed by atoms with Crippen LogP contribution in [0.3, 0.4) is 0 Å². The number of halogens is 2. The lowest BCUT2D eigenvalue weighted by atomic mass is 10.2. The molecule has 1 aromatic carbocycles. The molecule has 1 N–H and O–H groups in total. The topological polar surface area (TPSA) is 72.2 Å². The highest BCUT2D eigenvalue weighted by atomic mass is 35.5. The van der Waals surface area contributed by atoms with E-state index in [1.807, 2.05) is 12.3 Å². The fourth-order valence-electron chi connectivity index (χ4n) is 2.44. The molecule has 0 saturated heterocycles. The lowest BCUT2D eigenvalue weighted by Gasteiger charge is -2.03. The molecule has 3 aromatic rings. The number of rotatable bonds is 6. The van der Waals surface area contributed by atoms with Gasteiger partial charge in [0, 0.05) is 5.38 Å². The van der Waals surface area contributed by atoms with E-state index in [1.165, 1.54) is 29.7 Å². The molecule has 0 unspecified atom stereocenters. The van der Waals surface area contributed by atoms with Gasteiger partial charge in [0.15, 0.2) is 0 Å². The fraction of sp³-hybridized carbons (Fsp3) is 0.222. The second-order valence-electron chi connectivity index (χ2n) is 5.90. The standard InChI is InChI=1S/C18H17ClFN5OS/c1-11-16(8-21-23-17(26)7-15-10-27-12(2)22-15)18(19)25(24-11)9-13-3-5-14(20)6-4-13/h3-6,8,10H,7,9H2,1-2H3,(H,23,26)/b21-8-. The highest BCUT2D eigenvalue weighted by Gasteiger charge is 2.12. The van der Waals surface area contributed by atoms with Crippen LogP contribution in [0.25, 0.3) is 0 Å². The lowest BCUT2D eigenvalue weighted by molar-refractivity contribution is -0.120. The van der Waals surface area contributed by atoms with E-state index in [1.54, 1.807) is 23.7 Å². The first-order valence-corrected chi connectivity index (χ1v) is 9.38. The Bertz CT molecular complexity index is 980. The summed E-state index contributed by atoms with van der Waals surface area (Å²) in [5.74, 6) is -0.554. The zero-order chi connectivity index (χ0) is 19.4. The molecule has 0 aliphatic carbocycles. The Morgan fingerprint density at radius 2 is 2.11 bits per heavy atom. The van der Waals surface area contributed by atoms with Crippen molar-refractivity contribution in [2.75, 3.05) is 0 Å². The predicted octanol–water partition coefficient (Wildman–Crippen LogP) is 3.49. The van der Waals surface area contributed by atoms with Crippen LogP contribution in [-0.2, 0) is 17.8 Å². The number of carbonyl (C=O) groups is 1. The molecule has 2 heterocycles. The maximum absolute atomic E-state index is 13.0. The molecule has 2 aromatic heterocycles. The van der Waals surface area contributed by atoms with E-state index < -0.39 is 0 Å². The SMILES string of the molecule is Cc1nc(CC(=O)N/N=C\c2c(C)nn(Cc3ccc(F)cc3)c2Cl)cs1. The van der Waals surface area contributed by atoms with Gasteiger partial charge in [0.25, 0.3) is 0 Å². The molecule has 9 heteroatoms. The molecule has 6 nitrogen and oxygen atoms in total. The molecule has 0 bridgehead atoms. The van der Waals surface area contributed by atoms with E-state index in [0.717, 1.165) is 10.6 Å². The van der Waals surface area contributed by atoms with E-state index in [4.69, 9.17) is 11.6 Å². The molecule has 1 amide bonds. The van der Waals surface area contributed by atoms with Gasteiger partial charge in [-0.05, 0) is 31.5 Å². The molecule has 140 valence electrons. The van der Waals surface area contributed by atoms with Crippen molar-refractivity contribution >= 4 is 35.1 Å². The van der Waals surface area contributed by atoms with Gasteiger partial charge in [-0.15, -0.1) is 11.3 Å². The molecule has 0 spiro atoms. The second-order valence-corrected chi connectivity index (χ2v) is 7.32. The van der Waals surface area contributed by atoms with Gasteiger partial charge in [0.1, 0.15) is 11.0 Å². The van der Waals surface area contributed by atoms with Crippen molar-refractivity contribution in [3.8, 4) is 0 Å². The molecule has 0 saturated carbocycles. The Kier molecular flexibility index (Phi) is 5.98. The first-order valence-electron chi connectivity index (χ1n) is 8.12. The number of nitrogens with zero attached hydrogens (tertiary/aromatic N) is 4. The van der Waals surface area contributed by atoms with Crippen LogP contribution in [0.15, 0.2) is 34.7 Å². The molecule has 0 atom stereocenters. The van der Waals surface area contributed by atoms with Crippen LogP contribution in [0.1, 0.15) is 27.5 Å². The van der Waals surface area contributed by atoms with Crippen molar-refractivity contribution < 1.29 is 9.18 Å². The van der Waals surface area contributed by atoms with Gasteiger partial charge in [-0.25, -0.2) is 19.5 Å². The van der Waals surface area contributed by atoms with Crippen molar-refractivity contribution in [2.24, 2.45) is 5.10 Å². The van der Waals surface area contributed by atoms with Crippen LogP contribution >= 0.6 is 22.9 Å². The Morgan fingerprint density at radius 1 is 1.37 bits per heavy atom. The van der Waals surface area contributed by atoms with E-state index >= 15 is 0 Å².